The van der Waals surface area contributed by atoms with Gasteiger partial charge in [0.25, 0.3) is 0 Å². The fourth-order valence-corrected chi connectivity index (χ4v) is 3.27. The fourth-order valence-electron chi connectivity index (χ4n) is 3.27. The third kappa shape index (κ3) is 15.1. The SMILES string of the molecule is CC(C)CCC(=O)Oc1ccc(C[C@H](NCC(C)OC(=O)OCC(C)C)C(=O)O)cc1OC(=O)CCC(C)C. The van der Waals surface area contributed by atoms with Crippen molar-refractivity contribution in [2.75, 3.05) is 13.2 Å². The first-order chi connectivity index (χ1) is 18.3. The molecule has 10 heteroatoms. The molecule has 1 rings (SSSR count). The molecule has 0 fully saturated rings. The van der Waals surface area contributed by atoms with Crippen molar-refractivity contribution in [3.8, 4) is 11.5 Å². The summed E-state index contributed by atoms with van der Waals surface area (Å²) in [5.74, 6) is -1.05. The fraction of sp³-hybridized carbons (Fsp3) is 0.655. The number of carboxylic acid groups (broad SMARTS) is 1. The molecule has 0 radical (unpaired) electrons. The molecule has 0 saturated carbocycles. The highest BCUT2D eigenvalue weighted by Crippen LogP contribution is 2.30. The maximum absolute atomic E-state index is 12.4. The number of esters is 2. The Hall–Kier alpha value is -3.14. The molecule has 0 saturated heterocycles. The van der Waals surface area contributed by atoms with Crippen molar-refractivity contribution in [1.29, 1.82) is 0 Å². The Kier molecular flexibility index (Phi) is 15.2. The summed E-state index contributed by atoms with van der Waals surface area (Å²) < 4.78 is 21.1. The van der Waals surface area contributed by atoms with Crippen LogP contribution in [0.4, 0.5) is 4.79 Å². The molecule has 0 heterocycles. The summed E-state index contributed by atoms with van der Waals surface area (Å²) in [5.41, 5.74) is 0.549. The smallest absolute Gasteiger partial charge is 0.480 e. The lowest BCUT2D eigenvalue weighted by Gasteiger charge is -2.19. The van der Waals surface area contributed by atoms with Crippen molar-refractivity contribution < 1.29 is 43.2 Å². The Balaban J connectivity index is 2.95. The Bertz CT molecular complexity index is 943. The average molecular weight is 552 g/mol. The standard InChI is InChI=1S/C29H45NO9/c1-18(2)8-12-26(31)38-24-11-10-22(15-25(24)39-27(32)13-9-19(3)4)14-23(28(33)34)30-16-21(7)37-29(35)36-17-20(5)6/h10-11,15,18-21,23,30H,8-9,12-14,16-17H2,1-7H3,(H,33,34)/t21?,23-/m0/s1. The van der Waals surface area contributed by atoms with E-state index in [1.54, 1.807) is 13.0 Å². The van der Waals surface area contributed by atoms with E-state index >= 15 is 0 Å². The van der Waals surface area contributed by atoms with Crippen molar-refractivity contribution in [2.45, 2.75) is 92.7 Å². The molecule has 2 N–H and O–H groups in total. The number of carboxylic acids is 1. The van der Waals surface area contributed by atoms with Gasteiger partial charge in [-0.1, -0.05) is 47.6 Å². The monoisotopic (exact) mass is 551 g/mol. The second-order valence-electron chi connectivity index (χ2n) is 11.0. The molecule has 10 nitrogen and oxygen atoms in total. The number of benzene rings is 1. The van der Waals surface area contributed by atoms with Crippen molar-refractivity contribution in [3.63, 3.8) is 0 Å². The van der Waals surface area contributed by atoms with E-state index in [1.165, 1.54) is 12.1 Å². The minimum atomic E-state index is -1.11. The third-order valence-corrected chi connectivity index (χ3v) is 5.53. The van der Waals surface area contributed by atoms with Crippen LogP contribution in [0.5, 0.6) is 11.5 Å². The molecule has 0 aliphatic carbocycles. The van der Waals surface area contributed by atoms with Crippen LogP contribution in [0.15, 0.2) is 18.2 Å². The van der Waals surface area contributed by atoms with Crippen LogP contribution in [-0.4, -0.2) is 54.5 Å². The quantitative estimate of drug-likeness (QED) is 0.197. The summed E-state index contributed by atoms with van der Waals surface area (Å²) in [6.07, 6.45) is 0.305. The number of aliphatic carboxylic acids is 1. The van der Waals surface area contributed by atoms with Crippen LogP contribution in [0, 0.1) is 17.8 Å². The number of ether oxygens (including phenoxy) is 4. The topological polar surface area (TPSA) is 137 Å². The summed E-state index contributed by atoms with van der Waals surface area (Å²) >= 11 is 0. The molecule has 39 heavy (non-hydrogen) atoms. The maximum atomic E-state index is 12.4. The van der Waals surface area contributed by atoms with Gasteiger partial charge in [-0.2, -0.15) is 0 Å². The second-order valence-corrected chi connectivity index (χ2v) is 11.0. The van der Waals surface area contributed by atoms with E-state index in [2.05, 4.69) is 5.32 Å². The van der Waals surface area contributed by atoms with Gasteiger partial charge in [-0.05, 0) is 61.6 Å². The highest BCUT2D eigenvalue weighted by atomic mass is 16.7. The molecule has 2 atom stereocenters. The van der Waals surface area contributed by atoms with Crippen LogP contribution in [0.1, 0.15) is 79.7 Å². The van der Waals surface area contributed by atoms with Gasteiger partial charge >= 0.3 is 24.1 Å². The van der Waals surface area contributed by atoms with Gasteiger partial charge < -0.3 is 29.4 Å². The number of carbonyl (C=O) groups is 4. The summed E-state index contributed by atoms with van der Waals surface area (Å²) in [4.78, 5) is 48.4. The molecular weight excluding hydrogens is 506 g/mol. The second kappa shape index (κ2) is 17.4. The molecule has 0 aromatic heterocycles. The number of carbonyl (C=O) groups excluding carboxylic acids is 3. The lowest BCUT2D eigenvalue weighted by Crippen LogP contribution is -2.42. The number of rotatable bonds is 17. The largest absolute Gasteiger partial charge is 0.508 e. The van der Waals surface area contributed by atoms with Gasteiger partial charge in [0.05, 0.1) is 6.61 Å². The highest BCUT2D eigenvalue weighted by molar-refractivity contribution is 5.77. The highest BCUT2D eigenvalue weighted by Gasteiger charge is 2.22. The van der Waals surface area contributed by atoms with Gasteiger partial charge in [0.2, 0.25) is 0 Å². The van der Waals surface area contributed by atoms with Crippen LogP contribution in [0.2, 0.25) is 0 Å². The first-order valence-corrected chi connectivity index (χ1v) is 13.6. The van der Waals surface area contributed by atoms with Gasteiger partial charge in [-0.25, -0.2) is 4.79 Å². The van der Waals surface area contributed by atoms with E-state index in [4.69, 9.17) is 18.9 Å². The molecule has 0 amide bonds. The molecule has 0 spiro atoms. The van der Waals surface area contributed by atoms with E-state index in [1.807, 2.05) is 41.5 Å². The first kappa shape index (κ1) is 33.9. The van der Waals surface area contributed by atoms with Gasteiger partial charge in [0.1, 0.15) is 12.1 Å². The molecular formula is C29H45NO9. The lowest BCUT2D eigenvalue weighted by molar-refractivity contribution is -0.139. The average Bonchev–Trinajstić information content (AvgIpc) is 2.84. The first-order valence-electron chi connectivity index (χ1n) is 13.6. The van der Waals surface area contributed by atoms with E-state index in [0.29, 0.717) is 30.2 Å². The number of nitrogens with one attached hydrogen (secondary N) is 1. The van der Waals surface area contributed by atoms with Crippen LogP contribution >= 0.6 is 0 Å². The van der Waals surface area contributed by atoms with Crippen molar-refractivity contribution in [3.05, 3.63) is 23.8 Å². The van der Waals surface area contributed by atoms with Gasteiger partial charge in [0.15, 0.2) is 11.5 Å². The van der Waals surface area contributed by atoms with Crippen LogP contribution < -0.4 is 14.8 Å². The van der Waals surface area contributed by atoms with Crippen molar-refractivity contribution in [1.82, 2.24) is 5.32 Å². The summed E-state index contributed by atoms with van der Waals surface area (Å²) in [7, 11) is 0. The Morgan fingerprint density at radius 2 is 1.38 bits per heavy atom. The summed E-state index contributed by atoms with van der Waals surface area (Å²) in [6.45, 7) is 13.7. The van der Waals surface area contributed by atoms with Crippen molar-refractivity contribution in [2.24, 2.45) is 17.8 Å². The molecule has 1 aromatic rings. The minimum absolute atomic E-state index is 0.0397. The Morgan fingerprint density at radius 1 is 0.821 bits per heavy atom. The number of hydrogen-bond donors (Lipinski definition) is 2. The molecule has 220 valence electrons. The van der Waals surface area contributed by atoms with E-state index in [0.717, 1.165) is 0 Å². The van der Waals surface area contributed by atoms with Crippen molar-refractivity contribution >= 4 is 24.1 Å². The Labute approximate surface area is 231 Å². The zero-order valence-electron chi connectivity index (χ0n) is 24.3. The van der Waals surface area contributed by atoms with Gasteiger partial charge in [0, 0.05) is 19.4 Å². The van der Waals surface area contributed by atoms with Crippen LogP contribution in [-0.2, 0) is 30.3 Å². The Morgan fingerprint density at radius 3 is 1.90 bits per heavy atom. The van der Waals surface area contributed by atoms with Crippen LogP contribution in [0.3, 0.4) is 0 Å². The molecule has 0 aliphatic rings. The predicted molar refractivity (Wildman–Crippen MR) is 146 cm³/mol. The number of hydrogen-bond acceptors (Lipinski definition) is 9. The van der Waals surface area contributed by atoms with E-state index in [-0.39, 0.29) is 49.8 Å². The predicted octanol–water partition coefficient (Wildman–Crippen LogP) is 5.15. The molecule has 1 aromatic carbocycles. The zero-order chi connectivity index (χ0) is 29.5. The van der Waals surface area contributed by atoms with E-state index in [9.17, 15) is 24.3 Å². The van der Waals surface area contributed by atoms with Gasteiger partial charge in [-0.3, -0.25) is 14.4 Å². The summed E-state index contributed by atoms with van der Waals surface area (Å²) in [5, 5.41) is 12.6. The molecule has 0 aliphatic heterocycles. The van der Waals surface area contributed by atoms with E-state index < -0.39 is 36.2 Å². The lowest BCUT2D eigenvalue weighted by atomic mass is 10.0. The molecule has 0 bridgehead atoms. The summed E-state index contributed by atoms with van der Waals surface area (Å²) in [6, 6.07) is 3.62. The minimum Gasteiger partial charge on any atom is -0.480 e. The molecule has 1 unspecified atom stereocenters. The zero-order valence-corrected chi connectivity index (χ0v) is 24.3. The van der Waals surface area contributed by atoms with Crippen LogP contribution in [0.25, 0.3) is 0 Å². The maximum Gasteiger partial charge on any atom is 0.508 e. The van der Waals surface area contributed by atoms with Gasteiger partial charge in [-0.15, -0.1) is 0 Å². The third-order valence-electron chi connectivity index (χ3n) is 5.53. The normalized spacial score (nSPS) is 12.8.